The maximum absolute atomic E-state index is 11.9. The van der Waals surface area contributed by atoms with Gasteiger partial charge in [-0.1, -0.05) is 40.9 Å². The maximum atomic E-state index is 11.9. The van der Waals surface area contributed by atoms with E-state index in [0.29, 0.717) is 21.4 Å². The van der Waals surface area contributed by atoms with Gasteiger partial charge in [0.05, 0.1) is 17.1 Å². The van der Waals surface area contributed by atoms with E-state index in [2.05, 4.69) is 10.6 Å². The van der Waals surface area contributed by atoms with E-state index < -0.39 is 24.4 Å². The number of esters is 1. The highest BCUT2D eigenvalue weighted by molar-refractivity contribution is 6.36. The highest BCUT2D eigenvalue weighted by Gasteiger charge is 2.12. The minimum absolute atomic E-state index is 0.118. The van der Waals surface area contributed by atoms with Crippen molar-refractivity contribution in [2.75, 3.05) is 17.2 Å². The molecule has 28 heavy (non-hydrogen) atoms. The molecule has 6 nitrogen and oxygen atoms in total. The van der Waals surface area contributed by atoms with Crippen molar-refractivity contribution in [1.29, 1.82) is 0 Å². The van der Waals surface area contributed by atoms with Crippen LogP contribution in [0.25, 0.3) is 0 Å². The van der Waals surface area contributed by atoms with Gasteiger partial charge in [-0.25, -0.2) is 0 Å². The Balaban J connectivity index is 1.74. The number of rotatable bonds is 7. The van der Waals surface area contributed by atoms with E-state index in [-0.39, 0.29) is 17.9 Å². The molecular weight excluding hydrogens is 427 g/mol. The lowest BCUT2D eigenvalue weighted by atomic mass is 10.2. The lowest BCUT2D eigenvalue weighted by Gasteiger charge is -2.10. The monoisotopic (exact) mass is 442 g/mol. The molecule has 9 heteroatoms. The molecule has 0 saturated heterocycles. The third kappa shape index (κ3) is 7.03. The summed E-state index contributed by atoms with van der Waals surface area (Å²) in [6, 6.07) is 9.70. The van der Waals surface area contributed by atoms with E-state index in [1.165, 1.54) is 6.07 Å². The summed E-state index contributed by atoms with van der Waals surface area (Å²) >= 11 is 17.6. The minimum atomic E-state index is -0.671. The average molecular weight is 444 g/mol. The number of ether oxygens (including phenoxy) is 1. The van der Waals surface area contributed by atoms with Gasteiger partial charge in [-0.15, -0.1) is 0 Å². The third-order valence-corrected chi connectivity index (χ3v) is 4.38. The molecular formula is C19H17Cl3N2O4. The molecule has 0 radical (unpaired) electrons. The zero-order valence-electron chi connectivity index (χ0n) is 14.9. The number of nitrogens with one attached hydrogen (secondary N) is 2. The Bertz CT molecular complexity index is 903. The lowest BCUT2D eigenvalue weighted by molar-refractivity contribution is -0.147. The van der Waals surface area contributed by atoms with Gasteiger partial charge in [-0.3, -0.25) is 14.4 Å². The number of hydrogen-bond donors (Lipinski definition) is 2. The summed E-state index contributed by atoms with van der Waals surface area (Å²) < 4.78 is 4.88. The van der Waals surface area contributed by atoms with E-state index in [4.69, 9.17) is 39.5 Å². The second-order valence-electron chi connectivity index (χ2n) is 5.84. The molecule has 0 heterocycles. The van der Waals surface area contributed by atoms with Crippen molar-refractivity contribution in [2.24, 2.45) is 0 Å². The molecule has 0 aromatic heterocycles. The number of halogens is 3. The highest BCUT2D eigenvalue weighted by Crippen LogP contribution is 2.25. The van der Waals surface area contributed by atoms with E-state index >= 15 is 0 Å². The van der Waals surface area contributed by atoms with Gasteiger partial charge in [0.15, 0.2) is 6.61 Å². The normalized spacial score (nSPS) is 10.3. The van der Waals surface area contributed by atoms with Crippen molar-refractivity contribution < 1.29 is 19.1 Å². The second-order valence-corrected chi connectivity index (χ2v) is 7.12. The van der Waals surface area contributed by atoms with Crippen LogP contribution in [0.15, 0.2) is 36.4 Å². The van der Waals surface area contributed by atoms with Crippen LogP contribution >= 0.6 is 34.8 Å². The van der Waals surface area contributed by atoms with Gasteiger partial charge >= 0.3 is 5.97 Å². The third-order valence-electron chi connectivity index (χ3n) is 3.60. The molecule has 0 aliphatic rings. The molecule has 2 rings (SSSR count). The van der Waals surface area contributed by atoms with E-state index in [9.17, 15) is 14.4 Å². The van der Waals surface area contributed by atoms with Gasteiger partial charge in [-0.05, 0) is 42.8 Å². The van der Waals surface area contributed by atoms with E-state index in [1.54, 1.807) is 30.3 Å². The number of carbonyl (C=O) groups excluding carboxylic acids is 3. The summed E-state index contributed by atoms with van der Waals surface area (Å²) in [6.07, 6.45) is -0.298. The summed E-state index contributed by atoms with van der Waals surface area (Å²) in [5.74, 6) is -1.59. The molecule has 0 atom stereocenters. The quantitative estimate of drug-likeness (QED) is 0.599. The van der Waals surface area contributed by atoms with Crippen LogP contribution in [0.2, 0.25) is 15.1 Å². The number of benzene rings is 2. The number of hydrogen-bond acceptors (Lipinski definition) is 4. The Kier molecular flexibility index (Phi) is 8.11. The largest absolute Gasteiger partial charge is 0.456 e. The van der Waals surface area contributed by atoms with Gasteiger partial charge < -0.3 is 15.4 Å². The van der Waals surface area contributed by atoms with Crippen LogP contribution < -0.4 is 10.6 Å². The van der Waals surface area contributed by atoms with Gasteiger partial charge in [0.1, 0.15) is 0 Å². The Morgan fingerprint density at radius 3 is 2.21 bits per heavy atom. The Labute approximate surface area is 177 Å². The fourth-order valence-electron chi connectivity index (χ4n) is 2.15. The summed E-state index contributed by atoms with van der Waals surface area (Å²) in [4.78, 5) is 35.5. The SMILES string of the molecule is Cc1ccc(Cl)cc1NC(=O)COC(=O)CCC(=O)Nc1ccc(Cl)cc1Cl. The smallest absolute Gasteiger partial charge is 0.306 e. The molecule has 0 spiro atoms. The molecule has 148 valence electrons. The first kappa shape index (κ1) is 22.0. The highest BCUT2D eigenvalue weighted by atomic mass is 35.5. The van der Waals surface area contributed by atoms with Crippen LogP contribution in [-0.4, -0.2) is 24.4 Å². The summed E-state index contributed by atoms with van der Waals surface area (Å²) in [7, 11) is 0. The summed E-state index contributed by atoms with van der Waals surface area (Å²) in [5, 5.41) is 6.39. The molecule has 0 saturated carbocycles. The number of anilines is 2. The molecule has 0 aliphatic carbocycles. The molecule has 2 amide bonds. The second kappa shape index (κ2) is 10.3. The molecule has 2 aromatic rings. The predicted octanol–water partition coefficient (Wildman–Crippen LogP) is 4.86. The van der Waals surface area contributed by atoms with Gasteiger partial charge in [0.25, 0.3) is 5.91 Å². The Morgan fingerprint density at radius 1 is 0.857 bits per heavy atom. The zero-order chi connectivity index (χ0) is 20.7. The maximum Gasteiger partial charge on any atom is 0.306 e. The van der Waals surface area contributed by atoms with Crippen LogP contribution in [0.3, 0.4) is 0 Å². The average Bonchev–Trinajstić information content (AvgIpc) is 2.63. The molecule has 0 unspecified atom stereocenters. The first-order valence-electron chi connectivity index (χ1n) is 8.21. The lowest BCUT2D eigenvalue weighted by Crippen LogP contribution is -2.22. The zero-order valence-corrected chi connectivity index (χ0v) is 17.1. The molecule has 2 aromatic carbocycles. The minimum Gasteiger partial charge on any atom is -0.456 e. The molecule has 0 bridgehead atoms. The van der Waals surface area contributed by atoms with Crippen LogP contribution in [-0.2, 0) is 19.1 Å². The van der Waals surface area contributed by atoms with Crippen LogP contribution in [0.4, 0.5) is 11.4 Å². The van der Waals surface area contributed by atoms with Crippen molar-refractivity contribution in [1.82, 2.24) is 0 Å². The Morgan fingerprint density at radius 2 is 1.50 bits per heavy atom. The van der Waals surface area contributed by atoms with E-state index in [0.717, 1.165) is 5.56 Å². The van der Waals surface area contributed by atoms with Crippen LogP contribution in [0.1, 0.15) is 18.4 Å². The van der Waals surface area contributed by atoms with Crippen molar-refractivity contribution in [3.05, 3.63) is 57.0 Å². The first-order chi connectivity index (χ1) is 13.2. The van der Waals surface area contributed by atoms with E-state index in [1.807, 2.05) is 6.92 Å². The topological polar surface area (TPSA) is 84.5 Å². The fraction of sp³-hybridized carbons (Fsp3) is 0.211. The first-order valence-corrected chi connectivity index (χ1v) is 9.34. The van der Waals surface area contributed by atoms with Crippen molar-refractivity contribution in [3.63, 3.8) is 0 Å². The molecule has 2 N–H and O–H groups in total. The summed E-state index contributed by atoms with van der Waals surface area (Å²) in [6.45, 7) is 1.35. The summed E-state index contributed by atoms with van der Waals surface area (Å²) in [5.41, 5.74) is 1.75. The standard InChI is InChI=1S/C19H17Cl3N2O4/c1-11-2-3-13(21)9-16(11)24-18(26)10-28-19(27)7-6-17(25)23-15-5-4-12(20)8-14(15)22/h2-5,8-9H,6-7,10H2,1H3,(H,23,25)(H,24,26). The van der Waals surface area contributed by atoms with Crippen LogP contribution in [0, 0.1) is 6.92 Å². The van der Waals surface area contributed by atoms with Gasteiger partial charge in [-0.2, -0.15) is 0 Å². The van der Waals surface area contributed by atoms with Crippen molar-refractivity contribution >= 4 is 64.0 Å². The van der Waals surface area contributed by atoms with Crippen LogP contribution in [0.5, 0.6) is 0 Å². The number of aryl methyl sites for hydroxylation is 1. The molecule has 0 fully saturated rings. The number of amides is 2. The van der Waals surface area contributed by atoms with Gasteiger partial charge in [0.2, 0.25) is 5.91 Å². The molecule has 0 aliphatic heterocycles. The van der Waals surface area contributed by atoms with Crippen molar-refractivity contribution in [3.8, 4) is 0 Å². The Hall–Kier alpha value is -2.28. The van der Waals surface area contributed by atoms with Crippen molar-refractivity contribution in [2.45, 2.75) is 19.8 Å². The number of carbonyl (C=O) groups is 3. The fourth-order valence-corrected chi connectivity index (χ4v) is 2.78. The predicted molar refractivity (Wildman–Crippen MR) is 110 cm³/mol. The van der Waals surface area contributed by atoms with Gasteiger partial charge in [0, 0.05) is 22.2 Å².